The number of benzene rings is 1. The molecule has 0 fully saturated rings. The van der Waals surface area contributed by atoms with E-state index >= 15 is 0 Å². The second kappa shape index (κ2) is 4.67. The molecule has 1 aliphatic rings. The fourth-order valence-corrected chi connectivity index (χ4v) is 1.89. The molecular weight excluding hydrogens is 186 g/mol. The van der Waals surface area contributed by atoms with Gasteiger partial charge in [-0.15, -0.1) is 0 Å². The molecule has 2 unspecified atom stereocenters. The molecule has 2 rings (SSSR count). The molecule has 2 heteroatoms. The van der Waals surface area contributed by atoms with Crippen molar-refractivity contribution in [3.05, 3.63) is 29.8 Å². The maximum absolute atomic E-state index is 5.64. The Hall–Kier alpha value is -1.02. The Balaban J connectivity index is 1.96. The van der Waals surface area contributed by atoms with E-state index in [0.29, 0.717) is 12.0 Å². The van der Waals surface area contributed by atoms with Crippen molar-refractivity contribution in [3.63, 3.8) is 0 Å². The summed E-state index contributed by atoms with van der Waals surface area (Å²) in [5, 5.41) is 3.54. The lowest BCUT2D eigenvalue weighted by atomic mass is 10.0. The normalized spacial score (nSPS) is 20.8. The van der Waals surface area contributed by atoms with Crippen LogP contribution in [-0.4, -0.2) is 19.2 Å². The van der Waals surface area contributed by atoms with Gasteiger partial charge in [0.05, 0.1) is 6.61 Å². The lowest BCUT2D eigenvalue weighted by Gasteiger charge is -2.14. The Labute approximate surface area is 91.6 Å². The van der Waals surface area contributed by atoms with E-state index in [1.54, 1.807) is 0 Å². The van der Waals surface area contributed by atoms with Crippen LogP contribution in [0.15, 0.2) is 24.3 Å². The summed E-state index contributed by atoms with van der Waals surface area (Å²) >= 11 is 0. The van der Waals surface area contributed by atoms with Gasteiger partial charge in [0.25, 0.3) is 0 Å². The van der Waals surface area contributed by atoms with Crippen LogP contribution in [0.25, 0.3) is 0 Å². The first-order chi connectivity index (χ1) is 7.31. The second-order valence-corrected chi connectivity index (χ2v) is 4.26. The van der Waals surface area contributed by atoms with E-state index in [-0.39, 0.29) is 0 Å². The molecule has 0 saturated heterocycles. The molecule has 1 aliphatic heterocycles. The largest absolute Gasteiger partial charge is 0.493 e. The van der Waals surface area contributed by atoms with Crippen LogP contribution in [0.1, 0.15) is 31.7 Å². The third-order valence-corrected chi connectivity index (χ3v) is 3.12. The third kappa shape index (κ3) is 2.32. The average Bonchev–Trinajstić information content (AvgIpc) is 2.69. The van der Waals surface area contributed by atoms with Crippen molar-refractivity contribution in [1.82, 2.24) is 5.32 Å². The minimum absolute atomic E-state index is 0.523. The van der Waals surface area contributed by atoms with Crippen LogP contribution in [0, 0.1) is 0 Å². The molecule has 1 heterocycles. The predicted octanol–water partition coefficient (Wildman–Crippen LogP) is 2.55. The van der Waals surface area contributed by atoms with Gasteiger partial charge >= 0.3 is 0 Å². The zero-order chi connectivity index (χ0) is 10.7. The van der Waals surface area contributed by atoms with Gasteiger partial charge in [0.2, 0.25) is 0 Å². The van der Waals surface area contributed by atoms with Gasteiger partial charge < -0.3 is 10.1 Å². The quantitative estimate of drug-likeness (QED) is 0.815. The van der Waals surface area contributed by atoms with Crippen LogP contribution >= 0.6 is 0 Å². The summed E-state index contributed by atoms with van der Waals surface area (Å²) in [6.07, 6.45) is 1.18. The number of fused-ring (bicyclic) bond motifs is 1. The molecule has 0 bridgehead atoms. The summed E-state index contributed by atoms with van der Waals surface area (Å²) in [4.78, 5) is 0. The second-order valence-electron chi connectivity index (χ2n) is 4.26. The first kappa shape index (κ1) is 10.5. The van der Waals surface area contributed by atoms with Crippen molar-refractivity contribution in [2.75, 3.05) is 13.2 Å². The predicted molar refractivity (Wildman–Crippen MR) is 62.4 cm³/mol. The SMILES string of the molecule is CCC(C)NCC1COc2ccccc21. The Morgan fingerprint density at radius 1 is 1.47 bits per heavy atom. The fourth-order valence-electron chi connectivity index (χ4n) is 1.89. The van der Waals surface area contributed by atoms with Crippen molar-refractivity contribution in [2.45, 2.75) is 32.2 Å². The van der Waals surface area contributed by atoms with E-state index in [1.807, 2.05) is 6.07 Å². The van der Waals surface area contributed by atoms with Gasteiger partial charge in [0.1, 0.15) is 5.75 Å². The molecule has 15 heavy (non-hydrogen) atoms. The molecule has 2 nitrogen and oxygen atoms in total. The summed E-state index contributed by atoms with van der Waals surface area (Å²) in [7, 11) is 0. The zero-order valence-corrected chi connectivity index (χ0v) is 9.49. The van der Waals surface area contributed by atoms with Crippen molar-refractivity contribution >= 4 is 0 Å². The maximum atomic E-state index is 5.64. The molecular formula is C13H19NO. The van der Waals surface area contributed by atoms with Crippen molar-refractivity contribution in [3.8, 4) is 5.75 Å². The minimum atomic E-state index is 0.523. The van der Waals surface area contributed by atoms with Gasteiger partial charge in [-0.2, -0.15) is 0 Å². The molecule has 1 aromatic rings. The topological polar surface area (TPSA) is 21.3 Å². The first-order valence-electron chi connectivity index (χ1n) is 5.76. The van der Waals surface area contributed by atoms with E-state index in [9.17, 15) is 0 Å². The van der Waals surface area contributed by atoms with Gasteiger partial charge in [0.15, 0.2) is 0 Å². The Bertz CT molecular complexity index is 324. The summed E-state index contributed by atoms with van der Waals surface area (Å²) in [6, 6.07) is 8.94. The lowest BCUT2D eigenvalue weighted by Crippen LogP contribution is -2.30. The van der Waals surface area contributed by atoms with Crippen LogP contribution in [0.2, 0.25) is 0 Å². The van der Waals surface area contributed by atoms with Gasteiger partial charge in [0, 0.05) is 24.1 Å². The monoisotopic (exact) mass is 205 g/mol. The van der Waals surface area contributed by atoms with Gasteiger partial charge in [-0.05, 0) is 19.4 Å². The Morgan fingerprint density at radius 3 is 3.07 bits per heavy atom. The summed E-state index contributed by atoms with van der Waals surface area (Å²) in [5.74, 6) is 1.59. The standard InChI is InChI=1S/C13H19NO/c1-3-10(2)14-8-11-9-15-13-7-5-4-6-12(11)13/h4-7,10-11,14H,3,8-9H2,1-2H3. The summed E-state index contributed by atoms with van der Waals surface area (Å²) in [6.45, 7) is 6.27. The van der Waals surface area contributed by atoms with Crippen LogP contribution in [0.5, 0.6) is 5.75 Å². The van der Waals surface area contributed by atoms with E-state index in [0.717, 1.165) is 18.9 Å². The molecule has 82 valence electrons. The third-order valence-electron chi connectivity index (χ3n) is 3.12. The highest BCUT2D eigenvalue weighted by Gasteiger charge is 2.23. The van der Waals surface area contributed by atoms with E-state index in [2.05, 4.69) is 37.4 Å². The van der Waals surface area contributed by atoms with Crippen LogP contribution < -0.4 is 10.1 Å². The number of hydrogen-bond donors (Lipinski definition) is 1. The molecule has 2 atom stereocenters. The van der Waals surface area contributed by atoms with E-state index in [1.165, 1.54) is 12.0 Å². The van der Waals surface area contributed by atoms with Crippen LogP contribution in [0.3, 0.4) is 0 Å². The highest BCUT2D eigenvalue weighted by molar-refractivity contribution is 5.39. The molecule has 1 aromatic carbocycles. The molecule has 1 N–H and O–H groups in total. The Morgan fingerprint density at radius 2 is 2.27 bits per heavy atom. The average molecular weight is 205 g/mol. The van der Waals surface area contributed by atoms with Gasteiger partial charge in [-0.3, -0.25) is 0 Å². The first-order valence-corrected chi connectivity index (χ1v) is 5.76. The molecule has 0 aliphatic carbocycles. The van der Waals surface area contributed by atoms with Crippen molar-refractivity contribution in [2.24, 2.45) is 0 Å². The summed E-state index contributed by atoms with van der Waals surface area (Å²) in [5.41, 5.74) is 1.35. The van der Waals surface area contributed by atoms with E-state index < -0.39 is 0 Å². The molecule has 0 spiro atoms. The Kier molecular flexibility index (Phi) is 3.27. The number of hydrogen-bond acceptors (Lipinski definition) is 2. The number of nitrogens with one attached hydrogen (secondary N) is 1. The van der Waals surface area contributed by atoms with Crippen LogP contribution in [-0.2, 0) is 0 Å². The number of para-hydroxylation sites is 1. The molecule has 0 aromatic heterocycles. The van der Waals surface area contributed by atoms with Crippen molar-refractivity contribution in [1.29, 1.82) is 0 Å². The van der Waals surface area contributed by atoms with Gasteiger partial charge in [-0.1, -0.05) is 25.1 Å². The molecule has 0 saturated carbocycles. The number of rotatable bonds is 4. The van der Waals surface area contributed by atoms with Crippen molar-refractivity contribution < 1.29 is 4.74 Å². The van der Waals surface area contributed by atoms with E-state index in [4.69, 9.17) is 4.74 Å². The zero-order valence-electron chi connectivity index (χ0n) is 9.49. The molecule has 0 amide bonds. The lowest BCUT2D eigenvalue weighted by molar-refractivity contribution is 0.322. The number of ether oxygens (including phenoxy) is 1. The maximum Gasteiger partial charge on any atom is 0.122 e. The van der Waals surface area contributed by atoms with Crippen LogP contribution in [0.4, 0.5) is 0 Å². The minimum Gasteiger partial charge on any atom is -0.493 e. The smallest absolute Gasteiger partial charge is 0.122 e. The highest BCUT2D eigenvalue weighted by Crippen LogP contribution is 2.32. The highest BCUT2D eigenvalue weighted by atomic mass is 16.5. The molecule has 0 radical (unpaired) electrons. The summed E-state index contributed by atoms with van der Waals surface area (Å²) < 4.78 is 5.64. The van der Waals surface area contributed by atoms with Gasteiger partial charge in [-0.25, -0.2) is 0 Å². The fraction of sp³-hybridized carbons (Fsp3) is 0.538.